The van der Waals surface area contributed by atoms with Crippen molar-refractivity contribution >= 4 is 23.4 Å². The number of carbonyl (C=O) groups is 1. The van der Waals surface area contributed by atoms with E-state index in [2.05, 4.69) is 17.6 Å². The maximum atomic E-state index is 12.8. The summed E-state index contributed by atoms with van der Waals surface area (Å²) in [6.45, 7) is 2.12. The number of thioether (sulfide) groups is 1. The molecule has 0 saturated heterocycles. The average Bonchev–Trinajstić information content (AvgIpc) is 2.69. The molecule has 0 spiro atoms. The molecule has 0 heterocycles. The Morgan fingerprint density at radius 1 is 1.14 bits per heavy atom. The SMILES string of the molecule is CC(NC(=O)/C(C#N)=C\Nc1ccc(SC#N)cc1)C12CC3CC(CC(C3)C1)C2. The number of anilines is 1. The Balaban J connectivity index is 1.39. The van der Waals surface area contributed by atoms with Crippen LogP contribution in [0.5, 0.6) is 0 Å². The molecular weight excluding hydrogens is 380 g/mol. The molecule has 6 heteroatoms. The normalized spacial score (nSPS) is 30.9. The molecule has 0 aromatic heterocycles. The van der Waals surface area contributed by atoms with E-state index in [0.29, 0.717) is 0 Å². The molecule has 0 aliphatic heterocycles. The Morgan fingerprint density at radius 3 is 2.24 bits per heavy atom. The fourth-order valence-electron chi connectivity index (χ4n) is 6.11. The molecule has 4 saturated carbocycles. The summed E-state index contributed by atoms with van der Waals surface area (Å²) in [6, 6.07) is 9.40. The van der Waals surface area contributed by atoms with Crippen LogP contribution in [0.3, 0.4) is 0 Å². The van der Waals surface area contributed by atoms with Gasteiger partial charge in [-0.2, -0.15) is 10.5 Å². The van der Waals surface area contributed by atoms with Crippen molar-refractivity contribution in [2.24, 2.45) is 23.2 Å². The highest BCUT2D eigenvalue weighted by atomic mass is 32.2. The molecule has 0 radical (unpaired) electrons. The summed E-state index contributed by atoms with van der Waals surface area (Å²) in [6.07, 6.45) is 9.25. The number of carbonyl (C=O) groups excluding carboxylic acids is 1. The molecule has 1 aromatic carbocycles. The van der Waals surface area contributed by atoms with Gasteiger partial charge in [0.25, 0.3) is 5.91 Å². The second kappa shape index (κ2) is 8.13. The van der Waals surface area contributed by atoms with Gasteiger partial charge in [-0.25, -0.2) is 0 Å². The van der Waals surface area contributed by atoms with Crippen LogP contribution < -0.4 is 10.6 Å². The minimum absolute atomic E-state index is 0.0806. The lowest BCUT2D eigenvalue weighted by molar-refractivity contribution is -0.122. The van der Waals surface area contributed by atoms with Crippen LogP contribution in [0.25, 0.3) is 0 Å². The summed E-state index contributed by atoms with van der Waals surface area (Å²) < 4.78 is 0. The van der Waals surface area contributed by atoms with E-state index in [9.17, 15) is 10.1 Å². The van der Waals surface area contributed by atoms with Crippen LogP contribution in [0.2, 0.25) is 0 Å². The molecule has 4 fully saturated rings. The number of hydrogen-bond acceptors (Lipinski definition) is 5. The average molecular weight is 407 g/mol. The first-order valence-electron chi connectivity index (χ1n) is 10.3. The van der Waals surface area contributed by atoms with Gasteiger partial charge >= 0.3 is 0 Å². The van der Waals surface area contributed by atoms with Crippen LogP contribution in [0.4, 0.5) is 5.69 Å². The Labute approximate surface area is 176 Å². The molecular formula is C23H26N4OS. The van der Waals surface area contributed by atoms with Gasteiger partial charge in [-0.1, -0.05) is 0 Å². The highest BCUT2D eigenvalue weighted by Gasteiger charge is 2.53. The van der Waals surface area contributed by atoms with Crippen LogP contribution in [0, 0.1) is 45.2 Å². The number of hydrogen-bond donors (Lipinski definition) is 2. The van der Waals surface area contributed by atoms with E-state index in [0.717, 1.165) is 40.1 Å². The standard InChI is InChI=1S/C23H26N4OS/c1-15(23-9-16-6-17(10-23)8-18(7-16)11-23)27-22(28)19(12-24)13-26-20-2-4-21(5-3-20)29-14-25/h2-5,13,15-18,26H,6-11H2,1H3,(H,27,28)/b19-13-. The van der Waals surface area contributed by atoms with Gasteiger partial charge < -0.3 is 10.6 Å². The van der Waals surface area contributed by atoms with Crippen LogP contribution in [-0.4, -0.2) is 11.9 Å². The maximum Gasteiger partial charge on any atom is 0.263 e. The van der Waals surface area contributed by atoms with Crippen LogP contribution in [-0.2, 0) is 4.79 Å². The molecule has 4 bridgehead atoms. The maximum absolute atomic E-state index is 12.8. The highest BCUT2D eigenvalue weighted by Crippen LogP contribution is 2.61. The van der Waals surface area contributed by atoms with Crippen LogP contribution in [0.1, 0.15) is 45.4 Å². The van der Waals surface area contributed by atoms with E-state index in [4.69, 9.17) is 5.26 Å². The zero-order chi connectivity index (χ0) is 20.4. The summed E-state index contributed by atoms with van der Waals surface area (Å²) in [4.78, 5) is 13.6. The van der Waals surface area contributed by atoms with Crippen molar-refractivity contribution < 1.29 is 4.79 Å². The lowest BCUT2D eigenvalue weighted by atomic mass is 9.48. The van der Waals surface area contributed by atoms with E-state index in [-0.39, 0.29) is 22.9 Å². The van der Waals surface area contributed by atoms with Crippen molar-refractivity contribution in [3.8, 4) is 11.5 Å². The number of rotatable bonds is 6. The Hall–Kier alpha value is -2.44. The summed E-state index contributed by atoms with van der Waals surface area (Å²) in [5.74, 6) is 2.18. The summed E-state index contributed by atoms with van der Waals surface area (Å²) in [5, 5.41) is 26.4. The first-order valence-corrected chi connectivity index (χ1v) is 11.2. The van der Waals surface area contributed by atoms with Crippen LogP contribution in [0.15, 0.2) is 40.9 Å². The minimum atomic E-state index is -0.306. The fraction of sp³-hybridized carbons (Fsp3) is 0.522. The molecule has 4 aliphatic rings. The predicted molar refractivity (Wildman–Crippen MR) is 113 cm³/mol. The largest absolute Gasteiger partial charge is 0.360 e. The number of thiocyanates is 1. The van der Waals surface area contributed by atoms with Crippen molar-refractivity contribution in [3.63, 3.8) is 0 Å². The zero-order valence-corrected chi connectivity index (χ0v) is 17.5. The first-order chi connectivity index (χ1) is 14.0. The van der Waals surface area contributed by atoms with Gasteiger partial charge in [0.2, 0.25) is 0 Å². The Bertz CT molecular complexity index is 858. The second-order valence-corrected chi connectivity index (χ2v) is 9.87. The number of nitrogens with one attached hydrogen (secondary N) is 2. The van der Waals surface area contributed by atoms with Gasteiger partial charge in [-0.15, -0.1) is 0 Å². The Morgan fingerprint density at radius 2 is 1.72 bits per heavy atom. The van der Waals surface area contributed by atoms with E-state index in [1.807, 2.05) is 35.7 Å². The van der Waals surface area contributed by atoms with Crippen molar-refractivity contribution in [2.75, 3.05) is 5.32 Å². The zero-order valence-electron chi connectivity index (χ0n) is 16.6. The number of nitrogens with zero attached hydrogens (tertiary/aromatic N) is 2. The van der Waals surface area contributed by atoms with Gasteiger partial charge in [0.05, 0.1) is 0 Å². The predicted octanol–water partition coefficient (Wildman–Crippen LogP) is 4.80. The smallest absolute Gasteiger partial charge is 0.263 e. The molecule has 1 amide bonds. The quantitative estimate of drug-likeness (QED) is 0.307. The number of nitriles is 2. The monoisotopic (exact) mass is 406 g/mol. The van der Waals surface area contributed by atoms with Crippen molar-refractivity contribution in [1.82, 2.24) is 5.32 Å². The third-order valence-electron chi connectivity index (χ3n) is 7.12. The molecule has 1 aromatic rings. The summed E-state index contributed by atoms with van der Waals surface area (Å²) >= 11 is 1.09. The minimum Gasteiger partial charge on any atom is -0.360 e. The molecule has 5 nitrogen and oxygen atoms in total. The second-order valence-electron chi connectivity index (χ2n) is 9.01. The highest BCUT2D eigenvalue weighted by molar-refractivity contribution is 8.03. The van der Waals surface area contributed by atoms with E-state index in [1.165, 1.54) is 44.7 Å². The van der Waals surface area contributed by atoms with Gasteiger partial charge in [0, 0.05) is 22.8 Å². The number of benzene rings is 1. The fourth-order valence-corrected chi connectivity index (χ4v) is 6.49. The molecule has 4 aliphatic carbocycles. The molecule has 1 atom stereocenters. The molecule has 29 heavy (non-hydrogen) atoms. The molecule has 150 valence electrons. The Kier molecular flexibility index (Phi) is 5.56. The summed E-state index contributed by atoms with van der Waals surface area (Å²) in [7, 11) is 0. The topological polar surface area (TPSA) is 88.7 Å². The third kappa shape index (κ3) is 4.14. The van der Waals surface area contributed by atoms with Crippen molar-refractivity contribution in [1.29, 1.82) is 10.5 Å². The first kappa shape index (κ1) is 19.9. The van der Waals surface area contributed by atoms with E-state index < -0.39 is 0 Å². The number of amides is 1. The van der Waals surface area contributed by atoms with E-state index in [1.54, 1.807) is 0 Å². The van der Waals surface area contributed by atoms with E-state index >= 15 is 0 Å². The van der Waals surface area contributed by atoms with Gasteiger partial charge in [0.15, 0.2) is 0 Å². The van der Waals surface area contributed by atoms with Crippen molar-refractivity contribution in [3.05, 3.63) is 36.0 Å². The molecule has 5 rings (SSSR count). The van der Waals surface area contributed by atoms with Crippen LogP contribution >= 0.6 is 11.8 Å². The summed E-state index contributed by atoms with van der Waals surface area (Å²) in [5.41, 5.74) is 1.06. The lowest BCUT2D eigenvalue weighted by Gasteiger charge is -2.59. The lowest BCUT2D eigenvalue weighted by Crippen LogP contribution is -2.56. The van der Waals surface area contributed by atoms with Gasteiger partial charge in [-0.3, -0.25) is 4.79 Å². The van der Waals surface area contributed by atoms with Gasteiger partial charge in [0.1, 0.15) is 17.0 Å². The van der Waals surface area contributed by atoms with Gasteiger partial charge in [-0.05, 0) is 105 Å². The molecule has 1 unspecified atom stereocenters. The molecule has 2 N–H and O–H groups in total. The third-order valence-corrected chi connectivity index (χ3v) is 7.72. The van der Waals surface area contributed by atoms with Crippen molar-refractivity contribution in [2.45, 2.75) is 56.4 Å².